The Labute approximate surface area is 266 Å². The van der Waals surface area contributed by atoms with Crippen molar-refractivity contribution in [3.63, 3.8) is 0 Å². The van der Waals surface area contributed by atoms with Gasteiger partial charge in [0, 0.05) is 5.56 Å². The van der Waals surface area contributed by atoms with E-state index in [-0.39, 0.29) is 5.82 Å². The summed E-state index contributed by atoms with van der Waals surface area (Å²) < 4.78 is 14.1. The van der Waals surface area contributed by atoms with Crippen LogP contribution in [0, 0.1) is 64.5 Å². The predicted octanol–water partition coefficient (Wildman–Crippen LogP) is 10.9. The number of rotatable bonds is 8. The second-order valence-corrected chi connectivity index (χ2v) is 12.0. The van der Waals surface area contributed by atoms with Crippen molar-refractivity contribution in [1.82, 2.24) is 0 Å². The van der Waals surface area contributed by atoms with Crippen LogP contribution in [0.1, 0.15) is 99.8 Å². The number of aryl methyl sites for hydroxylation is 1. The van der Waals surface area contributed by atoms with Gasteiger partial charge < -0.3 is 0 Å². The molecule has 228 valence electrons. The van der Waals surface area contributed by atoms with Crippen LogP contribution in [0.4, 0.5) is 4.39 Å². The Morgan fingerprint density at radius 1 is 0.727 bits per heavy atom. The fraction of sp³-hybridized carbons (Fsp3) is 0.405. The number of allylic oxidation sites excluding steroid dienone is 6. The summed E-state index contributed by atoms with van der Waals surface area (Å²) in [5, 5.41) is 8.72. The quantitative estimate of drug-likeness (QED) is 0.172. The molecule has 0 saturated heterocycles. The SMILES string of the molecule is C=CC1CCC(C=CC#Cc2ccc(C#N)cc2)CC1.C=CC1CCC(C=CC#Cc2ccc(CCCCC)cc2F)CC1. The van der Waals surface area contributed by atoms with Crippen LogP contribution in [-0.2, 0) is 6.42 Å². The van der Waals surface area contributed by atoms with Crippen LogP contribution in [0.25, 0.3) is 0 Å². The molecule has 4 rings (SSSR count). The molecule has 2 aliphatic rings. The van der Waals surface area contributed by atoms with Crippen molar-refractivity contribution in [2.45, 2.75) is 84.0 Å². The summed E-state index contributed by atoms with van der Waals surface area (Å²) in [4.78, 5) is 0. The van der Waals surface area contributed by atoms with Crippen LogP contribution in [0.15, 0.2) is 92.1 Å². The van der Waals surface area contributed by atoms with Crippen molar-refractivity contribution in [3.05, 3.63) is 120 Å². The van der Waals surface area contributed by atoms with E-state index >= 15 is 0 Å². The van der Waals surface area contributed by atoms with Crippen molar-refractivity contribution in [1.29, 1.82) is 5.26 Å². The molecular formula is C42H48FN. The number of benzene rings is 2. The van der Waals surface area contributed by atoms with E-state index in [1.165, 1.54) is 64.2 Å². The summed E-state index contributed by atoms with van der Waals surface area (Å²) in [7, 11) is 0. The van der Waals surface area contributed by atoms with E-state index in [1.54, 1.807) is 18.2 Å². The highest BCUT2D eigenvalue weighted by molar-refractivity contribution is 5.41. The molecule has 0 amide bonds. The molecule has 0 aliphatic heterocycles. The Hall–Kier alpha value is -4.06. The first-order chi connectivity index (χ1) is 21.5. The van der Waals surface area contributed by atoms with E-state index in [0.29, 0.717) is 34.8 Å². The number of unbranched alkanes of at least 4 members (excludes halogenated alkanes) is 2. The molecule has 0 atom stereocenters. The lowest BCUT2D eigenvalue weighted by molar-refractivity contribution is 0.357. The minimum Gasteiger partial charge on any atom is -0.206 e. The zero-order chi connectivity index (χ0) is 31.4. The standard InChI is InChI=1S/C23H29F.C19H19N/c1-3-5-6-10-21-16-17-22(23(24)18-21)11-8-7-9-20-14-12-19(4-2)13-15-20;1-2-16-7-9-17(10-8-16)5-3-4-6-18-11-13-19(15-20)14-12-18/h4,7,9,16-20H,2-3,5-6,10,12-15H2,1H3;2-3,5,11-14,16-17H,1,7-10H2. The molecule has 1 nitrogen and oxygen atoms in total. The molecule has 2 aromatic carbocycles. The van der Waals surface area contributed by atoms with Gasteiger partial charge in [-0.2, -0.15) is 5.26 Å². The topological polar surface area (TPSA) is 23.8 Å². The first-order valence-electron chi connectivity index (χ1n) is 16.4. The summed E-state index contributed by atoms with van der Waals surface area (Å²) in [5.41, 5.74) is 3.18. The second-order valence-electron chi connectivity index (χ2n) is 12.0. The van der Waals surface area contributed by atoms with Crippen LogP contribution < -0.4 is 0 Å². The fourth-order valence-corrected chi connectivity index (χ4v) is 5.78. The zero-order valence-electron chi connectivity index (χ0n) is 26.5. The molecule has 2 aliphatic carbocycles. The van der Waals surface area contributed by atoms with Crippen LogP contribution in [0.3, 0.4) is 0 Å². The van der Waals surface area contributed by atoms with Gasteiger partial charge in [-0.05, 0) is 142 Å². The smallest absolute Gasteiger partial charge is 0.139 e. The average molecular weight is 586 g/mol. The third-order valence-electron chi connectivity index (χ3n) is 8.74. The summed E-state index contributed by atoms with van der Waals surface area (Å²) in [6.07, 6.45) is 26.7. The van der Waals surface area contributed by atoms with Crippen molar-refractivity contribution in [2.24, 2.45) is 23.7 Å². The molecule has 0 aromatic heterocycles. The Morgan fingerprint density at radius 2 is 1.25 bits per heavy atom. The van der Waals surface area contributed by atoms with Crippen LogP contribution in [0.5, 0.6) is 0 Å². The molecule has 2 aromatic rings. The molecule has 0 heterocycles. The van der Waals surface area contributed by atoms with E-state index in [4.69, 9.17) is 5.26 Å². The molecule has 44 heavy (non-hydrogen) atoms. The second kappa shape index (κ2) is 20.0. The van der Waals surface area contributed by atoms with E-state index in [2.05, 4.69) is 74.1 Å². The molecule has 2 fully saturated rings. The molecule has 2 saturated carbocycles. The van der Waals surface area contributed by atoms with Gasteiger partial charge in [-0.15, -0.1) is 13.2 Å². The van der Waals surface area contributed by atoms with Gasteiger partial charge in [0.2, 0.25) is 0 Å². The summed E-state index contributed by atoms with van der Waals surface area (Å²) in [5.74, 6) is 14.6. The maximum Gasteiger partial charge on any atom is 0.139 e. The maximum absolute atomic E-state index is 14.1. The van der Waals surface area contributed by atoms with Crippen molar-refractivity contribution >= 4 is 0 Å². The molecule has 2 heteroatoms. The predicted molar refractivity (Wildman–Crippen MR) is 184 cm³/mol. The van der Waals surface area contributed by atoms with Gasteiger partial charge in [0.05, 0.1) is 17.2 Å². The van der Waals surface area contributed by atoms with E-state index in [1.807, 2.05) is 36.4 Å². The molecule has 0 N–H and O–H groups in total. The maximum atomic E-state index is 14.1. The highest BCUT2D eigenvalue weighted by Crippen LogP contribution is 2.30. The summed E-state index contributed by atoms with van der Waals surface area (Å²) >= 11 is 0. The number of hydrogen-bond donors (Lipinski definition) is 0. The average Bonchev–Trinajstić information content (AvgIpc) is 3.07. The first-order valence-corrected chi connectivity index (χ1v) is 16.4. The van der Waals surface area contributed by atoms with Crippen LogP contribution >= 0.6 is 0 Å². The Balaban J connectivity index is 0.000000244. The normalized spacial score (nSPS) is 21.1. The van der Waals surface area contributed by atoms with Crippen LogP contribution in [0.2, 0.25) is 0 Å². The highest BCUT2D eigenvalue weighted by Gasteiger charge is 2.17. The molecule has 0 radical (unpaired) electrons. The van der Waals surface area contributed by atoms with Gasteiger partial charge in [0.15, 0.2) is 0 Å². The van der Waals surface area contributed by atoms with Crippen molar-refractivity contribution in [2.75, 3.05) is 0 Å². The third-order valence-corrected chi connectivity index (χ3v) is 8.74. The summed E-state index contributed by atoms with van der Waals surface area (Å²) in [6.45, 7) is 9.93. The summed E-state index contributed by atoms with van der Waals surface area (Å²) in [6, 6.07) is 14.9. The van der Waals surface area contributed by atoms with Gasteiger partial charge in [0.1, 0.15) is 5.82 Å². The lowest BCUT2D eigenvalue weighted by Crippen LogP contribution is -2.10. The van der Waals surface area contributed by atoms with E-state index in [9.17, 15) is 4.39 Å². The van der Waals surface area contributed by atoms with Gasteiger partial charge in [-0.1, -0.05) is 73.8 Å². The Bertz CT molecular complexity index is 1400. The lowest BCUT2D eigenvalue weighted by atomic mass is 9.82. The largest absolute Gasteiger partial charge is 0.206 e. The van der Waals surface area contributed by atoms with E-state index in [0.717, 1.165) is 24.0 Å². The van der Waals surface area contributed by atoms with Gasteiger partial charge >= 0.3 is 0 Å². The van der Waals surface area contributed by atoms with E-state index < -0.39 is 0 Å². The molecule has 0 bridgehead atoms. The molecular weight excluding hydrogens is 537 g/mol. The minimum absolute atomic E-state index is 0.198. The number of hydrogen-bond acceptors (Lipinski definition) is 1. The van der Waals surface area contributed by atoms with Gasteiger partial charge in [0.25, 0.3) is 0 Å². The lowest BCUT2D eigenvalue weighted by Gasteiger charge is -2.23. The highest BCUT2D eigenvalue weighted by atomic mass is 19.1. The Kier molecular flexibility index (Phi) is 15.6. The van der Waals surface area contributed by atoms with Crippen LogP contribution in [-0.4, -0.2) is 0 Å². The first kappa shape index (κ1) is 34.4. The molecule has 0 unspecified atom stereocenters. The fourth-order valence-electron chi connectivity index (χ4n) is 5.78. The molecule has 0 spiro atoms. The number of halogens is 1. The van der Waals surface area contributed by atoms with Gasteiger partial charge in [-0.25, -0.2) is 4.39 Å². The Morgan fingerprint density at radius 3 is 1.75 bits per heavy atom. The zero-order valence-corrected chi connectivity index (χ0v) is 26.5. The number of nitrogens with zero attached hydrogens (tertiary/aromatic N) is 1. The van der Waals surface area contributed by atoms with Gasteiger partial charge in [-0.3, -0.25) is 0 Å². The minimum atomic E-state index is -0.198. The monoisotopic (exact) mass is 585 g/mol. The van der Waals surface area contributed by atoms with Crippen molar-refractivity contribution < 1.29 is 4.39 Å². The van der Waals surface area contributed by atoms with Crippen molar-refractivity contribution in [3.8, 4) is 29.8 Å². The third kappa shape index (κ3) is 12.7. The number of nitriles is 1.